The van der Waals surface area contributed by atoms with Crippen LogP contribution >= 0.6 is 34.2 Å². The SMILES string of the molecule is CC(C)(C)OC(=O)N[C@@H]1CCN(C(=O)c2cc(I)c(F)cc2Cl)C1. The summed E-state index contributed by atoms with van der Waals surface area (Å²) in [5.41, 5.74) is -0.309. The van der Waals surface area contributed by atoms with Crippen LogP contribution in [0.2, 0.25) is 5.02 Å². The second kappa shape index (κ2) is 7.43. The Morgan fingerprint density at radius 2 is 2.08 bits per heavy atom. The highest BCUT2D eigenvalue weighted by Crippen LogP contribution is 2.25. The van der Waals surface area contributed by atoms with Gasteiger partial charge in [-0.15, -0.1) is 0 Å². The van der Waals surface area contributed by atoms with Gasteiger partial charge in [0.25, 0.3) is 5.91 Å². The number of alkyl carbamates (subject to hydrolysis) is 1. The molecule has 1 aromatic carbocycles. The Morgan fingerprint density at radius 1 is 1.42 bits per heavy atom. The monoisotopic (exact) mass is 468 g/mol. The number of benzene rings is 1. The average molecular weight is 469 g/mol. The molecule has 1 fully saturated rings. The molecule has 0 spiro atoms. The van der Waals surface area contributed by atoms with Crippen molar-refractivity contribution in [1.82, 2.24) is 10.2 Å². The zero-order valence-electron chi connectivity index (χ0n) is 13.7. The van der Waals surface area contributed by atoms with E-state index in [1.54, 1.807) is 25.7 Å². The molecule has 1 aliphatic rings. The van der Waals surface area contributed by atoms with E-state index in [9.17, 15) is 14.0 Å². The number of carbonyl (C=O) groups excluding carboxylic acids is 2. The number of amides is 2. The summed E-state index contributed by atoms with van der Waals surface area (Å²) in [6.07, 6.45) is 0.122. The number of hydrogen-bond donors (Lipinski definition) is 1. The molecule has 1 aliphatic heterocycles. The minimum absolute atomic E-state index is 0.0847. The second-order valence-corrected chi connectivity index (χ2v) is 8.20. The molecule has 0 bridgehead atoms. The summed E-state index contributed by atoms with van der Waals surface area (Å²) in [7, 11) is 0. The molecule has 8 heteroatoms. The summed E-state index contributed by atoms with van der Waals surface area (Å²) in [5.74, 6) is -0.727. The van der Waals surface area contributed by atoms with Crippen molar-refractivity contribution in [3.63, 3.8) is 0 Å². The predicted molar refractivity (Wildman–Crippen MR) is 97.8 cm³/mol. The maximum absolute atomic E-state index is 13.5. The number of likely N-dealkylation sites (tertiary alicyclic amines) is 1. The quantitative estimate of drug-likeness (QED) is 0.530. The summed E-state index contributed by atoms with van der Waals surface area (Å²) < 4.78 is 19.0. The molecule has 0 saturated carbocycles. The number of halogens is 3. The van der Waals surface area contributed by atoms with E-state index in [1.165, 1.54) is 6.07 Å². The predicted octanol–water partition coefficient (Wildman–Crippen LogP) is 3.82. The maximum atomic E-state index is 13.5. The van der Waals surface area contributed by atoms with E-state index in [1.807, 2.05) is 22.6 Å². The van der Waals surface area contributed by atoms with Crippen molar-refractivity contribution in [2.75, 3.05) is 13.1 Å². The van der Waals surface area contributed by atoms with Crippen LogP contribution in [0, 0.1) is 9.39 Å². The summed E-state index contributed by atoms with van der Waals surface area (Å²) in [4.78, 5) is 26.0. The average Bonchev–Trinajstić information content (AvgIpc) is 2.88. The van der Waals surface area contributed by atoms with Crippen LogP contribution in [0.4, 0.5) is 9.18 Å². The minimum atomic E-state index is -0.573. The fraction of sp³-hybridized carbons (Fsp3) is 0.500. The third kappa shape index (κ3) is 4.95. The third-order valence-electron chi connectivity index (χ3n) is 3.44. The lowest BCUT2D eigenvalue weighted by molar-refractivity contribution is 0.0502. The molecular weight excluding hydrogens is 450 g/mol. The highest BCUT2D eigenvalue weighted by atomic mass is 127. The van der Waals surface area contributed by atoms with Gasteiger partial charge in [-0.2, -0.15) is 0 Å². The van der Waals surface area contributed by atoms with Crippen LogP contribution in [0.5, 0.6) is 0 Å². The van der Waals surface area contributed by atoms with Gasteiger partial charge in [0.2, 0.25) is 0 Å². The molecule has 5 nitrogen and oxygen atoms in total. The molecule has 0 aliphatic carbocycles. The Hall–Kier alpha value is -1.09. The molecule has 1 saturated heterocycles. The topological polar surface area (TPSA) is 58.6 Å². The van der Waals surface area contributed by atoms with Crippen LogP contribution in [0.3, 0.4) is 0 Å². The molecule has 24 heavy (non-hydrogen) atoms. The van der Waals surface area contributed by atoms with Crippen molar-refractivity contribution in [2.45, 2.75) is 38.8 Å². The summed E-state index contributed by atoms with van der Waals surface area (Å²) in [6, 6.07) is 2.40. The molecule has 2 amide bonds. The van der Waals surface area contributed by atoms with E-state index in [0.29, 0.717) is 23.1 Å². The van der Waals surface area contributed by atoms with Crippen molar-refractivity contribution in [1.29, 1.82) is 0 Å². The molecule has 1 atom stereocenters. The summed E-state index contributed by atoms with van der Waals surface area (Å²) in [6.45, 7) is 6.21. The Morgan fingerprint density at radius 3 is 2.71 bits per heavy atom. The van der Waals surface area contributed by atoms with E-state index in [4.69, 9.17) is 16.3 Å². The van der Waals surface area contributed by atoms with Gasteiger partial charge in [0.05, 0.1) is 16.6 Å². The smallest absolute Gasteiger partial charge is 0.407 e. The van der Waals surface area contributed by atoms with Gasteiger partial charge < -0.3 is 15.0 Å². The van der Waals surface area contributed by atoms with Crippen molar-refractivity contribution >= 4 is 46.2 Å². The molecule has 1 N–H and O–H groups in total. The Bertz CT molecular complexity index is 663. The molecule has 2 rings (SSSR count). The van der Waals surface area contributed by atoms with Crippen LogP contribution in [0.1, 0.15) is 37.6 Å². The van der Waals surface area contributed by atoms with Gasteiger partial charge in [-0.05, 0) is 61.9 Å². The highest BCUT2D eigenvalue weighted by molar-refractivity contribution is 14.1. The number of hydrogen-bond acceptors (Lipinski definition) is 3. The number of nitrogens with one attached hydrogen (secondary N) is 1. The largest absolute Gasteiger partial charge is 0.444 e. The fourth-order valence-corrected chi connectivity index (χ4v) is 3.09. The Kier molecular flexibility index (Phi) is 5.95. The first-order chi connectivity index (χ1) is 11.1. The highest BCUT2D eigenvalue weighted by Gasteiger charge is 2.30. The van der Waals surface area contributed by atoms with Gasteiger partial charge in [-0.1, -0.05) is 11.6 Å². The van der Waals surface area contributed by atoms with E-state index < -0.39 is 17.5 Å². The van der Waals surface area contributed by atoms with Crippen molar-refractivity contribution in [3.05, 3.63) is 32.1 Å². The molecule has 1 aromatic rings. The van der Waals surface area contributed by atoms with Gasteiger partial charge in [-0.3, -0.25) is 4.79 Å². The first-order valence-electron chi connectivity index (χ1n) is 7.50. The lowest BCUT2D eigenvalue weighted by Gasteiger charge is -2.22. The second-order valence-electron chi connectivity index (χ2n) is 6.63. The van der Waals surface area contributed by atoms with Gasteiger partial charge in [-0.25, -0.2) is 9.18 Å². The molecule has 132 valence electrons. The molecule has 0 radical (unpaired) electrons. The minimum Gasteiger partial charge on any atom is -0.444 e. The van der Waals surface area contributed by atoms with E-state index in [2.05, 4.69) is 5.32 Å². The van der Waals surface area contributed by atoms with Crippen LogP contribution in [0.25, 0.3) is 0 Å². The maximum Gasteiger partial charge on any atom is 0.407 e. The van der Waals surface area contributed by atoms with Crippen LogP contribution in [0.15, 0.2) is 12.1 Å². The first kappa shape index (κ1) is 19.2. The molecule has 1 heterocycles. The van der Waals surface area contributed by atoms with E-state index in [0.717, 1.165) is 6.07 Å². The normalized spacial score (nSPS) is 17.8. The van der Waals surface area contributed by atoms with Crippen LogP contribution in [-0.4, -0.2) is 41.6 Å². The number of carbonyl (C=O) groups is 2. The van der Waals surface area contributed by atoms with Crippen LogP contribution < -0.4 is 5.32 Å². The molecular formula is C16H19ClFIN2O3. The zero-order valence-corrected chi connectivity index (χ0v) is 16.6. The lowest BCUT2D eigenvalue weighted by Crippen LogP contribution is -2.41. The first-order valence-corrected chi connectivity index (χ1v) is 8.96. The van der Waals surface area contributed by atoms with E-state index in [-0.39, 0.29) is 22.5 Å². The Balaban J connectivity index is 1.99. The number of nitrogens with zero attached hydrogens (tertiary/aromatic N) is 1. The van der Waals surface area contributed by atoms with Gasteiger partial charge in [0.1, 0.15) is 11.4 Å². The van der Waals surface area contributed by atoms with Gasteiger partial charge in [0.15, 0.2) is 0 Å². The van der Waals surface area contributed by atoms with Gasteiger partial charge >= 0.3 is 6.09 Å². The Labute approximate surface area is 159 Å². The van der Waals surface area contributed by atoms with Crippen molar-refractivity contribution in [3.8, 4) is 0 Å². The third-order valence-corrected chi connectivity index (χ3v) is 4.58. The fourth-order valence-electron chi connectivity index (χ4n) is 2.39. The standard InChI is InChI=1S/C16H19ClFIN2O3/c1-16(2,3)24-15(23)20-9-4-5-21(8-9)14(22)10-6-13(19)12(18)7-11(10)17/h6-7,9H,4-5,8H2,1-3H3,(H,20,23)/t9-/m1/s1. The number of ether oxygens (including phenoxy) is 1. The molecule has 0 unspecified atom stereocenters. The van der Waals surface area contributed by atoms with Crippen molar-refractivity contribution in [2.24, 2.45) is 0 Å². The lowest BCUT2D eigenvalue weighted by atomic mass is 10.2. The summed E-state index contributed by atoms with van der Waals surface area (Å²) >= 11 is 7.81. The zero-order chi connectivity index (χ0) is 18.1. The molecule has 0 aromatic heterocycles. The van der Waals surface area contributed by atoms with Crippen molar-refractivity contribution < 1.29 is 18.7 Å². The van der Waals surface area contributed by atoms with Gasteiger partial charge in [0, 0.05) is 16.7 Å². The number of rotatable bonds is 2. The van der Waals surface area contributed by atoms with E-state index >= 15 is 0 Å². The summed E-state index contributed by atoms with van der Waals surface area (Å²) in [5, 5.41) is 2.84. The van der Waals surface area contributed by atoms with Crippen LogP contribution in [-0.2, 0) is 4.74 Å².